The number of nitrogens with zero attached hydrogens (tertiary/aromatic N) is 3. The van der Waals surface area contributed by atoms with Crippen LogP contribution in [0.3, 0.4) is 0 Å². The molecule has 28 heavy (non-hydrogen) atoms. The zero-order valence-electron chi connectivity index (χ0n) is 16.1. The zero-order valence-corrected chi connectivity index (χ0v) is 16.9. The third-order valence-electron chi connectivity index (χ3n) is 4.55. The summed E-state index contributed by atoms with van der Waals surface area (Å²) in [6, 6.07) is 9.42. The number of anilines is 2. The first-order valence-electron chi connectivity index (χ1n) is 9.67. The number of hydrogen-bond acceptors (Lipinski definition) is 5. The van der Waals surface area contributed by atoms with Crippen molar-refractivity contribution >= 4 is 35.4 Å². The maximum absolute atomic E-state index is 11.9. The summed E-state index contributed by atoms with van der Waals surface area (Å²) in [5.74, 6) is 1.41. The zero-order chi connectivity index (χ0) is 19.8. The minimum atomic E-state index is -0.166. The van der Waals surface area contributed by atoms with Crippen LogP contribution in [0, 0.1) is 6.92 Å². The van der Waals surface area contributed by atoms with Crippen LogP contribution in [0.25, 0.3) is 6.08 Å². The Morgan fingerprint density at radius 2 is 1.96 bits per heavy atom. The summed E-state index contributed by atoms with van der Waals surface area (Å²) < 4.78 is 0. The summed E-state index contributed by atoms with van der Waals surface area (Å²) in [6.45, 7) is 5.09. The number of carbonyl (C=O) groups excluding carboxylic acids is 1. The highest BCUT2D eigenvalue weighted by Gasteiger charge is 2.13. The van der Waals surface area contributed by atoms with E-state index in [1.165, 1.54) is 25.3 Å². The number of carbonyl (C=O) groups is 1. The molecule has 7 heteroatoms. The van der Waals surface area contributed by atoms with E-state index in [-0.39, 0.29) is 5.91 Å². The van der Waals surface area contributed by atoms with Gasteiger partial charge in [-0.25, -0.2) is 4.98 Å². The van der Waals surface area contributed by atoms with Crippen LogP contribution in [-0.2, 0) is 4.79 Å². The maximum Gasteiger partial charge on any atom is 0.244 e. The fraction of sp³-hybridized carbons (Fsp3) is 0.381. The van der Waals surface area contributed by atoms with Crippen molar-refractivity contribution in [3.05, 3.63) is 52.7 Å². The molecule has 1 amide bonds. The van der Waals surface area contributed by atoms with Crippen LogP contribution < -0.4 is 15.5 Å². The summed E-state index contributed by atoms with van der Waals surface area (Å²) in [4.78, 5) is 23.3. The number of hydrogen-bond donors (Lipinski definition) is 2. The van der Waals surface area contributed by atoms with Crippen molar-refractivity contribution in [2.75, 3.05) is 36.4 Å². The summed E-state index contributed by atoms with van der Waals surface area (Å²) >= 11 is 6.07. The monoisotopic (exact) mass is 399 g/mol. The largest absolute Gasteiger partial charge is 0.356 e. The van der Waals surface area contributed by atoms with E-state index in [0.717, 1.165) is 30.2 Å². The molecule has 0 unspecified atom stereocenters. The number of halogens is 1. The number of aryl methyl sites for hydroxylation is 1. The van der Waals surface area contributed by atoms with Gasteiger partial charge < -0.3 is 15.5 Å². The Kier molecular flexibility index (Phi) is 7.25. The Morgan fingerprint density at radius 1 is 1.18 bits per heavy atom. The molecular weight excluding hydrogens is 374 g/mol. The molecule has 0 bridgehead atoms. The SMILES string of the molecule is Cc1cc(N2CCCCC2)nc(NCCNC(=O)/C=C/c2ccccc2Cl)n1. The van der Waals surface area contributed by atoms with Crippen LogP contribution in [0.5, 0.6) is 0 Å². The molecule has 0 aliphatic carbocycles. The highest BCUT2D eigenvalue weighted by molar-refractivity contribution is 6.32. The molecule has 6 nitrogen and oxygen atoms in total. The van der Waals surface area contributed by atoms with E-state index in [9.17, 15) is 4.79 Å². The van der Waals surface area contributed by atoms with Crippen molar-refractivity contribution in [1.29, 1.82) is 0 Å². The van der Waals surface area contributed by atoms with Gasteiger partial charge in [0.15, 0.2) is 0 Å². The Bertz CT molecular complexity index is 833. The third-order valence-corrected chi connectivity index (χ3v) is 4.89. The second-order valence-corrected chi connectivity index (χ2v) is 7.22. The molecule has 3 rings (SSSR count). The highest BCUT2D eigenvalue weighted by Crippen LogP contribution is 2.19. The summed E-state index contributed by atoms with van der Waals surface area (Å²) in [7, 11) is 0. The molecule has 1 saturated heterocycles. The van der Waals surface area contributed by atoms with E-state index in [0.29, 0.717) is 24.1 Å². The fourth-order valence-corrected chi connectivity index (χ4v) is 3.31. The lowest BCUT2D eigenvalue weighted by Crippen LogP contribution is -2.31. The van der Waals surface area contributed by atoms with Crippen molar-refractivity contribution in [2.45, 2.75) is 26.2 Å². The molecule has 1 aliphatic rings. The Balaban J connectivity index is 1.46. The van der Waals surface area contributed by atoms with Gasteiger partial charge in [0, 0.05) is 49.0 Å². The van der Waals surface area contributed by atoms with Gasteiger partial charge in [-0.2, -0.15) is 4.98 Å². The lowest BCUT2D eigenvalue weighted by Gasteiger charge is -2.28. The molecule has 0 radical (unpaired) electrons. The van der Waals surface area contributed by atoms with Crippen LogP contribution in [0.4, 0.5) is 11.8 Å². The topological polar surface area (TPSA) is 70.2 Å². The van der Waals surface area contributed by atoms with E-state index in [2.05, 4.69) is 25.5 Å². The van der Waals surface area contributed by atoms with Gasteiger partial charge in [0.25, 0.3) is 0 Å². The molecule has 148 valence electrons. The molecule has 1 aromatic carbocycles. The second kappa shape index (κ2) is 10.1. The lowest BCUT2D eigenvalue weighted by molar-refractivity contribution is -0.116. The van der Waals surface area contributed by atoms with Crippen LogP contribution in [0.15, 0.2) is 36.4 Å². The Labute approximate surface area is 171 Å². The van der Waals surface area contributed by atoms with E-state index >= 15 is 0 Å². The van der Waals surface area contributed by atoms with Crippen molar-refractivity contribution in [1.82, 2.24) is 15.3 Å². The Morgan fingerprint density at radius 3 is 2.75 bits per heavy atom. The number of amides is 1. The number of rotatable bonds is 7. The van der Waals surface area contributed by atoms with Gasteiger partial charge in [0.1, 0.15) is 5.82 Å². The van der Waals surface area contributed by atoms with E-state index < -0.39 is 0 Å². The molecule has 1 aliphatic heterocycles. The predicted molar refractivity (Wildman–Crippen MR) is 115 cm³/mol. The van der Waals surface area contributed by atoms with Crippen molar-refractivity contribution in [2.24, 2.45) is 0 Å². The van der Waals surface area contributed by atoms with Crippen molar-refractivity contribution in [3.63, 3.8) is 0 Å². The molecule has 2 heterocycles. The molecule has 1 fully saturated rings. The highest BCUT2D eigenvalue weighted by atomic mass is 35.5. The molecule has 0 atom stereocenters. The van der Waals surface area contributed by atoms with Crippen molar-refractivity contribution < 1.29 is 4.79 Å². The standard InChI is InChI=1S/C21H26ClN5O/c1-16-15-19(27-13-5-2-6-14-27)26-21(25-16)24-12-11-23-20(28)10-9-17-7-3-4-8-18(17)22/h3-4,7-10,15H,2,5-6,11-14H2,1H3,(H,23,28)(H,24,25,26)/b10-9+. The minimum absolute atomic E-state index is 0.166. The number of aromatic nitrogens is 2. The van der Waals surface area contributed by atoms with E-state index in [1.807, 2.05) is 31.2 Å². The van der Waals surface area contributed by atoms with E-state index in [4.69, 9.17) is 11.6 Å². The molecule has 1 aromatic heterocycles. The average molecular weight is 400 g/mol. The fourth-order valence-electron chi connectivity index (χ4n) is 3.11. The quantitative estimate of drug-likeness (QED) is 0.549. The molecule has 0 spiro atoms. The van der Waals surface area contributed by atoms with Gasteiger partial charge in [0.2, 0.25) is 11.9 Å². The number of nitrogens with one attached hydrogen (secondary N) is 2. The van der Waals surface area contributed by atoms with E-state index in [1.54, 1.807) is 12.1 Å². The predicted octanol–water partition coefficient (Wildman–Crippen LogP) is 3.67. The normalized spacial score (nSPS) is 14.3. The first-order chi connectivity index (χ1) is 13.6. The van der Waals surface area contributed by atoms with Gasteiger partial charge >= 0.3 is 0 Å². The second-order valence-electron chi connectivity index (χ2n) is 6.81. The van der Waals surface area contributed by atoms with Crippen LogP contribution >= 0.6 is 11.6 Å². The smallest absolute Gasteiger partial charge is 0.244 e. The van der Waals surface area contributed by atoms with Gasteiger partial charge in [-0.15, -0.1) is 0 Å². The molecule has 2 aromatic rings. The van der Waals surface area contributed by atoms with Crippen molar-refractivity contribution in [3.8, 4) is 0 Å². The summed E-state index contributed by atoms with van der Waals surface area (Å²) in [6.07, 6.45) is 6.90. The van der Waals surface area contributed by atoms with Crippen LogP contribution in [0.2, 0.25) is 5.02 Å². The van der Waals surface area contributed by atoms with Gasteiger partial charge in [-0.05, 0) is 43.9 Å². The van der Waals surface area contributed by atoms with Gasteiger partial charge in [-0.1, -0.05) is 29.8 Å². The summed E-state index contributed by atoms with van der Waals surface area (Å²) in [5.41, 5.74) is 1.75. The minimum Gasteiger partial charge on any atom is -0.356 e. The maximum atomic E-state index is 11.9. The average Bonchev–Trinajstić information content (AvgIpc) is 2.71. The first-order valence-corrected chi connectivity index (χ1v) is 10.0. The Hall–Kier alpha value is -2.60. The molecular formula is C21H26ClN5O. The lowest BCUT2D eigenvalue weighted by atomic mass is 10.1. The first kappa shape index (κ1) is 20.1. The van der Waals surface area contributed by atoms with Gasteiger partial charge in [0.05, 0.1) is 0 Å². The van der Waals surface area contributed by atoms with Gasteiger partial charge in [-0.3, -0.25) is 4.79 Å². The van der Waals surface area contributed by atoms with Crippen LogP contribution in [0.1, 0.15) is 30.5 Å². The van der Waals surface area contributed by atoms with Crippen LogP contribution in [-0.4, -0.2) is 42.1 Å². The number of benzene rings is 1. The number of piperidine rings is 1. The third kappa shape index (κ3) is 5.96. The molecule has 2 N–H and O–H groups in total. The summed E-state index contributed by atoms with van der Waals surface area (Å²) in [5, 5.41) is 6.65. The molecule has 0 saturated carbocycles.